The van der Waals surface area contributed by atoms with Gasteiger partial charge in [0.1, 0.15) is 6.61 Å². The van der Waals surface area contributed by atoms with E-state index in [9.17, 15) is 9.90 Å². The van der Waals surface area contributed by atoms with Crippen LogP contribution in [-0.2, 0) is 9.53 Å². The highest BCUT2D eigenvalue weighted by molar-refractivity contribution is 7.11. The number of benzene rings is 1. The van der Waals surface area contributed by atoms with E-state index in [2.05, 4.69) is 48.4 Å². The van der Waals surface area contributed by atoms with Crippen LogP contribution in [0.2, 0.25) is 0 Å². The normalized spacial score (nSPS) is 17.8. The molecule has 2 heterocycles. The molecule has 1 aliphatic heterocycles. The molecule has 1 saturated heterocycles. The second kappa shape index (κ2) is 10.6. The Morgan fingerprint density at radius 1 is 1.29 bits per heavy atom. The lowest BCUT2D eigenvalue weighted by Gasteiger charge is -2.30. The summed E-state index contributed by atoms with van der Waals surface area (Å²) in [5, 5.41) is 11.3. The summed E-state index contributed by atoms with van der Waals surface area (Å²) in [5.74, 6) is -0.930. The smallest absolute Gasteiger partial charge is 0.307 e. The van der Waals surface area contributed by atoms with Crippen molar-refractivity contribution < 1.29 is 14.6 Å². The third-order valence-corrected chi connectivity index (χ3v) is 6.17. The molecule has 3 rings (SSSR count). The maximum absolute atomic E-state index is 11.2. The fourth-order valence-corrected chi connectivity index (χ4v) is 4.49. The Labute approximate surface area is 177 Å². The maximum atomic E-state index is 11.2. The third kappa shape index (κ3) is 5.60. The molecular weight excluding hydrogens is 394 g/mol. The van der Waals surface area contributed by atoms with Gasteiger partial charge in [-0.05, 0) is 61.4 Å². The number of hydrogen-bond acceptors (Lipinski definition) is 4. The Bertz CT molecular complexity index is 818. The van der Waals surface area contributed by atoms with Gasteiger partial charge in [0, 0.05) is 23.5 Å². The molecular formula is C22H28ClNO3S. The molecule has 0 spiro atoms. The number of nitrogens with zero attached hydrogens (tertiary/aromatic N) is 1. The van der Waals surface area contributed by atoms with Crippen molar-refractivity contribution in [3.05, 3.63) is 63.5 Å². The van der Waals surface area contributed by atoms with Crippen LogP contribution in [0, 0.1) is 19.8 Å². The molecule has 1 unspecified atom stereocenters. The fraction of sp³-hybridized carbons (Fsp3) is 0.409. The SMILES string of the molecule is Cc1ccccc1C(=COCCN1CCCC(C(=O)O)C1)c1sccc1C.Cl. The number of carboxylic acids is 1. The number of ether oxygens (including phenoxy) is 1. The van der Waals surface area contributed by atoms with E-state index in [1.807, 2.05) is 12.3 Å². The number of piperidine rings is 1. The van der Waals surface area contributed by atoms with Crippen LogP contribution in [0.5, 0.6) is 0 Å². The van der Waals surface area contributed by atoms with Gasteiger partial charge in [-0.1, -0.05) is 24.3 Å². The molecule has 0 aliphatic carbocycles. The molecule has 1 aromatic carbocycles. The van der Waals surface area contributed by atoms with Crippen LogP contribution in [0.3, 0.4) is 0 Å². The number of carbonyl (C=O) groups is 1. The van der Waals surface area contributed by atoms with Gasteiger partial charge < -0.3 is 9.84 Å². The molecule has 6 heteroatoms. The van der Waals surface area contributed by atoms with E-state index < -0.39 is 5.97 Å². The molecule has 2 aromatic rings. The van der Waals surface area contributed by atoms with Gasteiger partial charge in [0.15, 0.2) is 0 Å². The summed E-state index contributed by atoms with van der Waals surface area (Å²) in [4.78, 5) is 14.6. The van der Waals surface area contributed by atoms with Gasteiger partial charge in [-0.15, -0.1) is 23.7 Å². The topological polar surface area (TPSA) is 49.8 Å². The zero-order valence-electron chi connectivity index (χ0n) is 16.4. The molecule has 1 fully saturated rings. The molecule has 28 heavy (non-hydrogen) atoms. The summed E-state index contributed by atoms with van der Waals surface area (Å²) < 4.78 is 5.94. The first-order valence-corrected chi connectivity index (χ1v) is 10.3. The van der Waals surface area contributed by atoms with E-state index in [0.717, 1.165) is 31.5 Å². The van der Waals surface area contributed by atoms with Crippen molar-refractivity contribution in [1.82, 2.24) is 4.90 Å². The molecule has 0 radical (unpaired) electrons. The number of aliphatic carboxylic acids is 1. The number of carboxylic acid groups (broad SMARTS) is 1. The Hall–Kier alpha value is -1.82. The molecule has 1 aliphatic rings. The number of aryl methyl sites for hydroxylation is 2. The minimum absolute atomic E-state index is 0. The average Bonchev–Trinajstić information content (AvgIpc) is 3.09. The zero-order valence-corrected chi connectivity index (χ0v) is 18.0. The summed E-state index contributed by atoms with van der Waals surface area (Å²) in [6.07, 6.45) is 3.59. The first kappa shape index (κ1) is 22.5. The van der Waals surface area contributed by atoms with Crippen LogP contribution in [0.15, 0.2) is 42.0 Å². The molecule has 1 N–H and O–H groups in total. The molecule has 152 valence electrons. The first-order chi connectivity index (χ1) is 13.1. The van der Waals surface area contributed by atoms with Gasteiger partial charge in [-0.3, -0.25) is 9.69 Å². The lowest BCUT2D eigenvalue weighted by Crippen LogP contribution is -2.40. The molecule has 1 aromatic heterocycles. The molecule has 0 bridgehead atoms. The summed E-state index contributed by atoms with van der Waals surface area (Å²) in [5.41, 5.74) is 4.77. The molecule has 1 atom stereocenters. The van der Waals surface area contributed by atoms with Gasteiger partial charge >= 0.3 is 5.97 Å². The van der Waals surface area contributed by atoms with Crippen molar-refractivity contribution in [1.29, 1.82) is 0 Å². The van der Waals surface area contributed by atoms with Crippen molar-refractivity contribution in [2.45, 2.75) is 26.7 Å². The average molecular weight is 422 g/mol. The predicted molar refractivity (Wildman–Crippen MR) is 117 cm³/mol. The van der Waals surface area contributed by atoms with Crippen LogP contribution < -0.4 is 0 Å². The number of hydrogen-bond donors (Lipinski definition) is 1. The minimum Gasteiger partial charge on any atom is -0.499 e. The van der Waals surface area contributed by atoms with Gasteiger partial charge in [0.05, 0.1) is 12.2 Å². The summed E-state index contributed by atoms with van der Waals surface area (Å²) in [6, 6.07) is 10.5. The molecule has 0 amide bonds. The van der Waals surface area contributed by atoms with E-state index in [0.29, 0.717) is 13.2 Å². The van der Waals surface area contributed by atoms with Gasteiger partial charge in [-0.2, -0.15) is 0 Å². The van der Waals surface area contributed by atoms with E-state index in [-0.39, 0.29) is 18.3 Å². The van der Waals surface area contributed by atoms with E-state index >= 15 is 0 Å². The Morgan fingerprint density at radius 2 is 2.07 bits per heavy atom. The van der Waals surface area contributed by atoms with Gasteiger partial charge in [0.25, 0.3) is 0 Å². The quantitative estimate of drug-likeness (QED) is 0.505. The standard InChI is InChI=1S/C22H27NO3S.ClH/c1-16-6-3-4-8-19(16)20(21-17(2)9-13-27-21)15-26-12-11-23-10-5-7-18(14-23)22(24)25;/h3-4,6,8-9,13,15,18H,5,7,10-12,14H2,1-2H3,(H,24,25);1H. The minimum atomic E-state index is -0.685. The summed E-state index contributed by atoms with van der Waals surface area (Å²) in [6.45, 7) is 7.13. The lowest BCUT2D eigenvalue weighted by atomic mass is 9.98. The van der Waals surface area contributed by atoms with E-state index in [1.54, 1.807) is 11.3 Å². The van der Waals surface area contributed by atoms with Crippen LogP contribution in [0.4, 0.5) is 0 Å². The highest BCUT2D eigenvalue weighted by atomic mass is 35.5. The Balaban J connectivity index is 0.00000280. The molecule has 0 saturated carbocycles. The van der Waals surface area contributed by atoms with Crippen molar-refractivity contribution in [2.75, 3.05) is 26.2 Å². The second-order valence-corrected chi connectivity index (χ2v) is 8.04. The van der Waals surface area contributed by atoms with Crippen molar-refractivity contribution in [3.8, 4) is 0 Å². The zero-order chi connectivity index (χ0) is 19.2. The first-order valence-electron chi connectivity index (χ1n) is 9.43. The number of halogens is 1. The van der Waals surface area contributed by atoms with Crippen LogP contribution in [0.1, 0.15) is 34.4 Å². The fourth-order valence-electron chi connectivity index (χ4n) is 3.55. The number of rotatable bonds is 7. The van der Waals surface area contributed by atoms with Crippen LogP contribution in [-0.4, -0.2) is 42.2 Å². The summed E-state index contributed by atoms with van der Waals surface area (Å²) in [7, 11) is 0. The highest BCUT2D eigenvalue weighted by Gasteiger charge is 2.24. The van der Waals surface area contributed by atoms with Gasteiger partial charge in [0.2, 0.25) is 0 Å². The Kier molecular flexibility index (Phi) is 8.55. The predicted octanol–water partition coefficient (Wildman–Crippen LogP) is 4.99. The maximum Gasteiger partial charge on any atom is 0.307 e. The third-order valence-electron chi connectivity index (χ3n) is 5.12. The monoisotopic (exact) mass is 421 g/mol. The van der Waals surface area contributed by atoms with Crippen molar-refractivity contribution in [2.24, 2.45) is 5.92 Å². The van der Waals surface area contributed by atoms with Crippen molar-refractivity contribution >= 4 is 35.3 Å². The molecule has 4 nitrogen and oxygen atoms in total. The largest absolute Gasteiger partial charge is 0.499 e. The van der Waals surface area contributed by atoms with Crippen molar-refractivity contribution in [3.63, 3.8) is 0 Å². The van der Waals surface area contributed by atoms with E-state index in [4.69, 9.17) is 4.74 Å². The number of likely N-dealkylation sites (tertiary alicyclic amines) is 1. The van der Waals surface area contributed by atoms with Gasteiger partial charge in [-0.25, -0.2) is 0 Å². The number of thiophene rings is 1. The highest BCUT2D eigenvalue weighted by Crippen LogP contribution is 2.32. The Morgan fingerprint density at radius 3 is 2.75 bits per heavy atom. The van der Waals surface area contributed by atoms with Crippen LogP contribution in [0.25, 0.3) is 5.57 Å². The lowest BCUT2D eigenvalue weighted by molar-refractivity contribution is -0.143. The van der Waals surface area contributed by atoms with E-state index in [1.165, 1.54) is 21.6 Å². The summed E-state index contributed by atoms with van der Waals surface area (Å²) >= 11 is 1.73. The second-order valence-electron chi connectivity index (χ2n) is 7.13. The van der Waals surface area contributed by atoms with Crippen LogP contribution >= 0.6 is 23.7 Å².